The van der Waals surface area contributed by atoms with Gasteiger partial charge in [0.1, 0.15) is 11.9 Å². The summed E-state index contributed by atoms with van der Waals surface area (Å²) < 4.78 is 11.1. The summed E-state index contributed by atoms with van der Waals surface area (Å²) in [6, 6.07) is 19.9. The Morgan fingerprint density at radius 1 is 0.882 bits per heavy atom. The molecule has 2 aromatic carbocycles. The van der Waals surface area contributed by atoms with Crippen LogP contribution in [0.5, 0.6) is 5.75 Å². The minimum atomic E-state index is -0.0661. The highest BCUT2D eigenvalue weighted by molar-refractivity contribution is 5.24. The van der Waals surface area contributed by atoms with Gasteiger partial charge in [0.2, 0.25) is 0 Å². The average molecular weight is 228 g/mol. The predicted molar refractivity (Wildman–Crippen MR) is 68.1 cm³/mol. The molecule has 0 amide bonds. The van der Waals surface area contributed by atoms with Gasteiger partial charge in [-0.1, -0.05) is 48.5 Å². The zero-order valence-electron chi connectivity index (χ0n) is 9.87. The molecule has 0 aliphatic heterocycles. The zero-order valence-corrected chi connectivity index (χ0v) is 9.87. The molecular formula is C15H16O2. The maximum absolute atomic E-state index is 5.92. The summed E-state index contributed by atoms with van der Waals surface area (Å²) in [5.74, 6) is 0.860. The molecule has 0 fully saturated rings. The van der Waals surface area contributed by atoms with Crippen LogP contribution in [0.4, 0.5) is 0 Å². The van der Waals surface area contributed by atoms with Crippen LogP contribution in [0.2, 0.25) is 0 Å². The van der Waals surface area contributed by atoms with E-state index in [0.29, 0.717) is 6.61 Å². The van der Waals surface area contributed by atoms with Crippen molar-refractivity contribution in [1.82, 2.24) is 0 Å². The lowest BCUT2D eigenvalue weighted by Gasteiger charge is -2.18. The average Bonchev–Trinajstić information content (AvgIpc) is 2.40. The number of hydrogen-bond donors (Lipinski definition) is 0. The molecule has 0 N–H and O–H groups in total. The fourth-order valence-corrected chi connectivity index (χ4v) is 1.68. The van der Waals surface area contributed by atoms with E-state index in [1.165, 1.54) is 0 Å². The SMILES string of the molecule is COCC(Oc1ccccc1)c1ccccc1. The largest absolute Gasteiger partial charge is 0.483 e. The first-order valence-corrected chi connectivity index (χ1v) is 5.66. The van der Waals surface area contributed by atoms with E-state index in [0.717, 1.165) is 11.3 Å². The van der Waals surface area contributed by atoms with E-state index in [2.05, 4.69) is 0 Å². The van der Waals surface area contributed by atoms with Crippen LogP contribution in [0.1, 0.15) is 11.7 Å². The molecule has 2 nitrogen and oxygen atoms in total. The Bertz CT molecular complexity index is 425. The molecule has 0 saturated carbocycles. The van der Waals surface area contributed by atoms with Crippen LogP contribution in [0, 0.1) is 0 Å². The van der Waals surface area contributed by atoms with Crippen molar-refractivity contribution in [3.05, 3.63) is 66.2 Å². The maximum Gasteiger partial charge on any atom is 0.147 e. The lowest BCUT2D eigenvalue weighted by atomic mass is 10.1. The second kappa shape index (κ2) is 6.06. The molecule has 17 heavy (non-hydrogen) atoms. The normalized spacial score (nSPS) is 12.1. The summed E-state index contributed by atoms with van der Waals surface area (Å²) >= 11 is 0. The van der Waals surface area contributed by atoms with Crippen molar-refractivity contribution in [2.45, 2.75) is 6.10 Å². The molecule has 2 rings (SSSR count). The van der Waals surface area contributed by atoms with E-state index in [4.69, 9.17) is 9.47 Å². The van der Waals surface area contributed by atoms with Gasteiger partial charge in [-0.2, -0.15) is 0 Å². The first-order valence-electron chi connectivity index (χ1n) is 5.66. The lowest BCUT2D eigenvalue weighted by molar-refractivity contribution is 0.0810. The molecule has 0 aliphatic rings. The van der Waals surface area contributed by atoms with Crippen LogP contribution >= 0.6 is 0 Å². The number of methoxy groups -OCH3 is 1. The van der Waals surface area contributed by atoms with Gasteiger partial charge in [-0.05, 0) is 17.7 Å². The second-order valence-corrected chi connectivity index (χ2v) is 3.79. The topological polar surface area (TPSA) is 18.5 Å². The van der Waals surface area contributed by atoms with Crippen LogP contribution in [-0.2, 0) is 4.74 Å². The standard InChI is InChI=1S/C15H16O2/c1-16-12-15(13-8-4-2-5-9-13)17-14-10-6-3-7-11-14/h2-11,15H,12H2,1H3. The number of benzene rings is 2. The van der Waals surface area contributed by atoms with E-state index in [-0.39, 0.29) is 6.10 Å². The smallest absolute Gasteiger partial charge is 0.147 e. The van der Waals surface area contributed by atoms with Crippen LogP contribution in [0.15, 0.2) is 60.7 Å². The minimum Gasteiger partial charge on any atom is -0.483 e. The summed E-state index contributed by atoms with van der Waals surface area (Å²) in [4.78, 5) is 0. The van der Waals surface area contributed by atoms with E-state index in [9.17, 15) is 0 Å². The third kappa shape index (κ3) is 3.33. The molecule has 0 aliphatic carbocycles. The Balaban J connectivity index is 2.13. The molecule has 0 aromatic heterocycles. The summed E-state index contributed by atoms with van der Waals surface area (Å²) in [5, 5.41) is 0. The van der Waals surface area contributed by atoms with Crippen LogP contribution < -0.4 is 4.74 Å². The van der Waals surface area contributed by atoms with Gasteiger partial charge in [0.25, 0.3) is 0 Å². The van der Waals surface area contributed by atoms with Crippen LogP contribution in [0.25, 0.3) is 0 Å². The quantitative estimate of drug-likeness (QED) is 0.780. The summed E-state index contributed by atoms with van der Waals surface area (Å²) in [5.41, 5.74) is 1.12. The third-order valence-electron chi connectivity index (χ3n) is 2.51. The van der Waals surface area contributed by atoms with E-state index in [1.807, 2.05) is 60.7 Å². The Morgan fingerprint density at radius 2 is 1.47 bits per heavy atom. The van der Waals surface area contributed by atoms with Gasteiger partial charge in [-0.15, -0.1) is 0 Å². The molecule has 0 spiro atoms. The van der Waals surface area contributed by atoms with E-state index < -0.39 is 0 Å². The van der Waals surface area contributed by atoms with Crippen molar-refractivity contribution >= 4 is 0 Å². The highest BCUT2D eigenvalue weighted by Crippen LogP contribution is 2.21. The van der Waals surface area contributed by atoms with Gasteiger partial charge in [-0.25, -0.2) is 0 Å². The Labute approximate surface area is 102 Å². The molecule has 2 aromatic rings. The molecule has 0 bridgehead atoms. The van der Waals surface area contributed by atoms with Gasteiger partial charge in [0, 0.05) is 7.11 Å². The van der Waals surface area contributed by atoms with E-state index >= 15 is 0 Å². The molecule has 1 unspecified atom stereocenters. The number of rotatable bonds is 5. The molecule has 0 radical (unpaired) electrons. The first-order chi connectivity index (χ1) is 8.40. The van der Waals surface area contributed by atoms with Crippen molar-refractivity contribution in [2.75, 3.05) is 13.7 Å². The van der Waals surface area contributed by atoms with E-state index in [1.54, 1.807) is 7.11 Å². The van der Waals surface area contributed by atoms with Crippen LogP contribution in [-0.4, -0.2) is 13.7 Å². The number of hydrogen-bond acceptors (Lipinski definition) is 2. The van der Waals surface area contributed by atoms with Crippen molar-refractivity contribution in [3.63, 3.8) is 0 Å². The first kappa shape index (κ1) is 11.7. The lowest BCUT2D eigenvalue weighted by Crippen LogP contribution is -2.13. The van der Waals surface area contributed by atoms with Gasteiger partial charge in [0.15, 0.2) is 0 Å². The summed E-state index contributed by atoms with van der Waals surface area (Å²) in [6.45, 7) is 0.541. The highest BCUT2D eigenvalue weighted by Gasteiger charge is 2.12. The van der Waals surface area contributed by atoms with Crippen molar-refractivity contribution in [3.8, 4) is 5.75 Å². The Morgan fingerprint density at radius 3 is 2.06 bits per heavy atom. The van der Waals surface area contributed by atoms with Gasteiger partial charge in [-0.3, -0.25) is 0 Å². The minimum absolute atomic E-state index is 0.0661. The monoisotopic (exact) mass is 228 g/mol. The molecule has 2 heteroatoms. The Hall–Kier alpha value is -1.80. The van der Waals surface area contributed by atoms with Gasteiger partial charge < -0.3 is 9.47 Å². The fraction of sp³-hybridized carbons (Fsp3) is 0.200. The fourth-order valence-electron chi connectivity index (χ4n) is 1.68. The Kier molecular flexibility index (Phi) is 4.17. The third-order valence-corrected chi connectivity index (χ3v) is 2.51. The molecule has 1 atom stereocenters. The summed E-state index contributed by atoms with van der Waals surface area (Å²) in [6.07, 6.45) is -0.0661. The molecule has 0 heterocycles. The highest BCUT2D eigenvalue weighted by atomic mass is 16.5. The summed E-state index contributed by atoms with van der Waals surface area (Å²) in [7, 11) is 1.68. The molecule has 0 saturated heterocycles. The van der Waals surface area contributed by atoms with Crippen molar-refractivity contribution in [2.24, 2.45) is 0 Å². The zero-order chi connectivity index (χ0) is 11.9. The van der Waals surface area contributed by atoms with Gasteiger partial charge >= 0.3 is 0 Å². The van der Waals surface area contributed by atoms with Gasteiger partial charge in [0.05, 0.1) is 6.61 Å². The molecular weight excluding hydrogens is 212 g/mol. The molecule has 88 valence electrons. The van der Waals surface area contributed by atoms with Crippen molar-refractivity contribution in [1.29, 1.82) is 0 Å². The predicted octanol–water partition coefficient (Wildman–Crippen LogP) is 3.45. The maximum atomic E-state index is 5.92. The van der Waals surface area contributed by atoms with Crippen LogP contribution in [0.3, 0.4) is 0 Å². The van der Waals surface area contributed by atoms with Crippen molar-refractivity contribution < 1.29 is 9.47 Å². The number of para-hydroxylation sites is 1. The second-order valence-electron chi connectivity index (χ2n) is 3.79. The number of ether oxygens (including phenoxy) is 2.